The van der Waals surface area contributed by atoms with Gasteiger partial charge in [0.2, 0.25) is 5.91 Å². The van der Waals surface area contributed by atoms with Crippen LogP contribution in [0.25, 0.3) is 11.4 Å². The number of nitrogens with zero attached hydrogens (tertiary/aromatic N) is 3. The number of hydrogen-bond acceptors (Lipinski definition) is 5. The Morgan fingerprint density at radius 1 is 1.18 bits per heavy atom. The fraction of sp³-hybridized carbons (Fsp3) is 0.407. The minimum Gasteiger partial charge on any atom is -0.493 e. The van der Waals surface area contributed by atoms with Gasteiger partial charge >= 0.3 is 0 Å². The van der Waals surface area contributed by atoms with Gasteiger partial charge in [-0.2, -0.15) is 0 Å². The van der Waals surface area contributed by atoms with E-state index in [1.807, 2.05) is 30.5 Å². The molecule has 1 aromatic carbocycles. The Balaban J connectivity index is 1.38. The molecule has 0 spiro atoms. The Morgan fingerprint density at radius 3 is 2.76 bits per heavy atom. The number of rotatable bonds is 7. The summed E-state index contributed by atoms with van der Waals surface area (Å²) < 4.78 is 5.90. The molecule has 172 valence electrons. The van der Waals surface area contributed by atoms with Gasteiger partial charge in [0.15, 0.2) is 5.82 Å². The average molecular weight is 445 g/mol. The first-order valence-corrected chi connectivity index (χ1v) is 11.6. The molecule has 0 unspecified atom stereocenters. The summed E-state index contributed by atoms with van der Waals surface area (Å²) in [7, 11) is 0. The average Bonchev–Trinajstić information content (AvgIpc) is 2.79. The summed E-state index contributed by atoms with van der Waals surface area (Å²) >= 11 is 0. The third-order valence-electron chi connectivity index (χ3n) is 6.31. The molecule has 1 aliphatic rings. The van der Waals surface area contributed by atoms with Crippen molar-refractivity contribution in [1.29, 1.82) is 0 Å². The predicted molar refractivity (Wildman–Crippen MR) is 129 cm³/mol. The monoisotopic (exact) mass is 444 g/mol. The second-order valence-corrected chi connectivity index (χ2v) is 9.65. The summed E-state index contributed by atoms with van der Waals surface area (Å²) in [6, 6.07) is 9.79. The van der Waals surface area contributed by atoms with Crippen molar-refractivity contribution in [2.24, 2.45) is 5.41 Å². The number of aromatic nitrogens is 3. The maximum atomic E-state index is 12.7. The molecule has 0 fully saturated rings. The number of carbonyl (C=O) groups is 1. The van der Waals surface area contributed by atoms with E-state index >= 15 is 0 Å². The number of aryl methyl sites for hydroxylation is 1. The van der Waals surface area contributed by atoms with Gasteiger partial charge < -0.3 is 10.1 Å². The second kappa shape index (κ2) is 9.69. The first-order valence-electron chi connectivity index (χ1n) is 11.6. The standard InChI is InChI=1S/C27H32N4O2/c1-18-7-5-8-24(19(18)2)33-14-6-9-25(32)30-22-15-27(3,4)16-23-21(22)17-29-26(31-23)20-10-12-28-13-11-20/h5,7-8,10-13,17,22H,6,9,14-16H2,1-4H3,(H,30,32)/t22-/m0/s1. The summed E-state index contributed by atoms with van der Waals surface area (Å²) in [6.45, 7) is 9.09. The molecule has 0 saturated carbocycles. The van der Waals surface area contributed by atoms with Crippen LogP contribution in [0.1, 0.15) is 61.5 Å². The van der Waals surface area contributed by atoms with Crippen LogP contribution in [-0.4, -0.2) is 27.5 Å². The Hall–Kier alpha value is -3.28. The Labute approximate surface area is 195 Å². The van der Waals surface area contributed by atoms with Crippen molar-refractivity contribution in [2.45, 2.75) is 59.4 Å². The SMILES string of the molecule is Cc1cccc(OCCCC(=O)N[C@H]2CC(C)(C)Cc3nc(-c4ccncc4)ncc32)c1C. The minimum atomic E-state index is -0.0809. The molecule has 1 atom stereocenters. The van der Waals surface area contributed by atoms with E-state index in [2.05, 4.69) is 49.0 Å². The maximum absolute atomic E-state index is 12.7. The molecule has 0 radical (unpaired) electrons. The van der Waals surface area contributed by atoms with Crippen molar-refractivity contribution in [3.63, 3.8) is 0 Å². The first-order chi connectivity index (χ1) is 15.8. The van der Waals surface area contributed by atoms with Crippen LogP contribution in [-0.2, 0) is 11.2 Å². The quantitative estimate of drug-likeness (QED) is 0.510. The van der Waals surface area contributed by atoms with Gasteiger partial charge in [0.25, 0.3) is 0 Å². The van der Waals surface area contributed by atoms with Gasteiger partial charge in [-0.15, -0.1) is 0 Å². The Bertz CT molecular complexity index is 1130. The maximum Gasteiger partial charge on any atom is 0.220 e. The number of carbonyl (C=O) groups excluding carboxylic acids is 1. The molecule has 6 nitrogen and oxygen atoms in total. The summed E-state index contributed by atoms with van der Waals surface area (Å²) in [6.07, 6.45) is 8.18. The number of pyridine rings is 1. The highest BCUT2D eigenvalue weighted by Crippen LogP contribution is 2.40. The van der Waals surface area contributed by atoms with Crippen LogP contribution < -0.4 is 10.1 Å². The number of nitrogens with one attached hydrogen (secondary N) is 1. The molecule has 4 rings (SSSR count). The van der Waals surface area contributed by atoms with E-state index in [-0.39, 0.29) is 17.4 Å². The van der Waals surface area contributed by atoms with Gasteiger partial charge in [-0.1, -0.05) is 26.0 Å². The number of fused-ring (bicyclic) bond motifs is 1. The second-order valence-electron chi connectivity index (χ2n) is 9.65. The molecule has 0 aliphatic heterocycles. The van der Waals surface area contributed by atoms with Crippen molar-refractivity contribution < 1.29 is 9.53 Å². The van der Waals surface area contributed by atoms with Crippen molar-refractivity contribution in [3.8, 4) is 17.1 Å². The molecule has 2 aromatic heterocycles. The van der Waals surface area contributed by atoms with Gasteiger partial charge in [-0.05, 0) is 67.9 Å². The van der Waals surface area contributed by atoms with E-state index in [0.717, 1.165) is 41.0 Å². The molecule has 6 heteroatoms. The fourth-order valence-electron chi connectivity index (χ4n) is 4.38. The van der Waals surface area contributed by atoms with Crippen molar-refractivity contribution in [1.82, 2.24) is 20.3 Å². The van der Waals surface area contributed by atoms with Crippen LogP contribution in [0.2, 0.25) is 0 Å². The lowest BCUT2D eigenvalue weighted by Crippen LogP contribution is -2.37. The third-order valence-corrected chi connectivity index (χ3v) is 6.31. The van der Waals surface area contributed by atoms with Crippen LogP contribution in [0.3, 0.4) is 0 Å². The van der Waals surface area contributed by atoms with Crippen molar-refractivity contribution in [3.05, 3.63) is 71.3 Å². The van der Waals surface area contributed by atoms with Crippen LogP contribution in [0.5, 0.6) is 5.75 Å². The molecule has 0 saturated heterocycles. The Kier molecular flexibility index (Phi) is 6.72. The van der Waals surface area contributed by atoms with E-state index in [9.17, 15) is 4.79 Å². The lowest BCUT2D eigenvalue weighted by atomic mass is 9.74. The minimum absolute atomic E-state index is 0.0337. The predicted octanol–water partition coefficient (Wildman–Crippen LogP) is 5.14. The molecule has 3 aromatic rings. The first kappa shape index (κ1) is 22.9. The number of ether oxygens (including phenoxy) is 1. The highest BCUT2D eigenvalue weighted by atomic mass is 16.5. The molecule has 33 heavy (non-hydrogen) atoms. The zero-order valence-electron chi connectivity index (χ0n) is 19.9. The highest BCUT2D eigenvalue weighted by molar-refractivity contribution is 5.76. The number of hydrogen-bond donors (Lipinski definition) is 1. The molecule has 1 N–H and O–H groups in total. The molecule has 1 amide bonds. The van der Waals surface area contributed by atoms with Gasteiger partial charge in [0, 0.05) is 36.1 Å². The zero-order valence-corrected chi connectivity index (χ0v) is 19.9. The molecule has 1 aliphatic carbocycles. The summed E-state index contributed by atoms with van der Waals surface area (Å²) in [5.41, 5.74) is 5.37. The molecular weight excluding hydrogens is 412 g/mol. The van der Waals surface area contributed by atoms with Crippen molar-refractivity contribution in [2.75, 3.05) is 6.61 Å². The molecule has 0 bridgehead atoms. The summed E-state index contributed by atoms with van der Waals surface area (Å²) in [4.78, 5) is 26.2. The third kappa shape index (κ3) is 5.56. The molecule has 2 heterocycles. The number of amides is 1. The van der Waals surface area contributed by atoms with Crippen LogP contribution in [0, 0.1) is 19.3 Å². The highest BCUT2D eigenvalue weighted by Gasteiger charge is 2.34. The topological polar surface area (TPSA) is 77.0 Å². The van der Waals surface area contributed by atoms with Gasteiger partial charge in [0.05, 0.1) is 18.3 Å². The van der Waals surface area contributed by atoms with E-state index in [4.69, 9.17) is 9.72 Å². The van der Waals surface area contributed by atoms with Gasteiger partial charge in [-0.25, -0.2) is 9.97 Å². The van der Waals surface area contributed by atoms with Gasteiger partial charge in [-0.3, -0.25) is 9.78 Å². The normalized spacial score (nSPS) is 16.7. The van der Waals surface area contributed by atoms with Gasteiger partial charge in [0.1, 0.15) is 5.75 Å². The zero-order chi connectivity index (χ0) is 23.4. The fourth-order valence-corrected chi connectivity index (χ4v) is 4.38. The van der Waals surface area contributed by atoms with E-state index < -0.39 is 0 Å². The van der Waals surface area contributed by atoms with Crippen LogP contribution in [0.4, 0.5) is 0 Å². The van der Waals surface area contributed by atoms with E-state index in [1.165, 1.54) is 5.56 Å². The molecular formula is C27H32N4O2. The largest absolute Gasteiger partial charge is 0.493 e. The summed E-state index contributed by atoms with van der Waals surface area (Å²) in [5, 5.41) is 3.22. The smallest absolute Gasteiger partial charge is 0.220 e. The van der Waals surface area contributed by atoms with Crippen molar-refractivity contribution >= 4 is 5.91 Å². The lowest BCUT2D eigenvalue weighted by Gasteiger charge is -2.36. The van der Waals surface area contributed by atoms with E-state index in [0.29, 0.717) is 25.3 Å². The number of benzene rings is 1. The van der Waals surface area contributed by atoms with Crippen LogP contribution >= 0.6 is 0 Å². The summed E-state index contributed by atoms with van der Waals surface area (Å²) in [5.74, 6) is 1.62. The van der Waals surface area contributed by atoms with E-state index in [1.54, 1.807) is 12.4 Å². The lowest BCUT2D eigenvalue weighted by molar-refractivity contribution is -0.122. The Morgan fingerprint density at radius 2 is 1.97 bits per heavy atom. The van der Waals surface area contributed by atoms with Crippen LogP contribution in [0.15, 0.2) is 48.9 Å².